The summed E-state index contributed by atoms with van der Waals surface area (Å²) in [6, 6.07) is 13.5. The van der Waals surface area contributed by atoms with Crippen LogP contribution in [0, 0.1) is 6.92 Å². The monoisotopic (exact) mass is 337 g/mol. The lowest BCUT2D eigenvalue weighted by Crippen LogP contribution is -2.24. The zero-order valence-electron chi connectivity index (χ0n) is 14.7. The number of carbonyl (C=O) groups is 1. The van der Waals surface area contributed by atoms with E-state index in [1.165, 1.54) is 0 Å². The summed E-state index contributed by atoms with van der Waals surface area (Å²) in [5, 5.41) is 7.57. The minimum Gasteiger partial charge on any atom is -0.460 e. The van der Waals surface area contributed by atoms with Gasteiger partial charge in [-0.05, 0) is 37.6 Å². The summed E-state index contributed by atoms with van der Waals surface area (Å²) in [6.07, 6.45) is 4.97. The molecule has 0 saturated heterocycles. The third-order valence-corrected chi connectivity index (χ3v) is 4.02. The number of aryl methyl sites for hydroxylation is 1. The Bertz CT molecular complexity index is 834. The molecule has 3 rings (SSSR count). The summed E-state index contributed by atoms with van der Waals surface area (Å²) in [5.74, 6) is 1.27. The van der Waals surface area contributed by atoms with Crippen molar-refractivity contribution in [2.45, 2.75) is 33.1 Å². The number of nitrogens with zero attached hydrogens (tertiary/aromatic N) is 2. The molecule has 1 amide bonds. The Labute approximate surface area is 147 Å². The molecule has 130 valence electrons. The first-order chi connectivity index (χ1) is 12.2. The first-order valence-electron chi connectivity index (χ1n) is 8.69. The second kappa shape index (κ2) is 7.83. The molecule has 0 aliphatic rings. The molecule has 0 saturated carbocycles. The number of hydrogen-bond acceptors (Lipinski definition) is 3. The van der Waals surface area contributed by atoms with E-state index in [1.807, 2.05) is 49.4 Å². The Balaban J connectivity index is 1.92. The summed E-state index contributed by atoms with van der Waals surface area (Å²) in [7, 11) is 0. The van der Waals surface area contributed by atoms with Crippen LogP contribution in [0.2, 0.25) is 0 Å². The van der Waals surface area contributed by atoms with Gasteiger partial charge >= 0.3 is 0 Å². The van der Waals surface area contributed by atoms with Crippen molar-refractivity contribution in [3.05, 3.63) is 60.0 Å². The zero-order valence-corrected chi connectivity index (χ0v) is 14.7. The number of nitrogens with one attached hydrogen (secondary N) is 1. The van der Waals surface area contributed by atoms with Crippen molar-refractivity contribution in [1.82, 2.24) is 15.1 Å². The molecule has 0 aliphatic carbocycles. The fraction of sp³-hybridized carbons (Fsp3) is 0.300. The van der Waals surface area contributed by atoms with Crippen LogP contribution >= 0.6 is 0 Å². The van der Waals surface area contributed by atoms with Gasteiger partial charge in [0.15, 0.2) is 5.76 Å². The molecule has 0 bridgehead atoms. The molecular formula is C20H23N3O2. The third kappa shape index (κ3) is 3.99. The number of furan rings is 1. The lowest BCUT2D eigenvalue weighted by atomic mass is 10.2. The van der Waals surface area contributed by atoms with Gasteiger partial charge in [-0.1, -0.05) is 38.0 Å². The van der Waals surface area contributed by atoms with Crippen molar-refractivity contribution in [2.24, 2.45) is 0 Å². The van der Waals surface area contributed by atoms with Crippen LogP contribution in [0.4, 0.5) is 0 Å². The lowest BCUT2D eigenvalue weighted by molar-refractivity contribution is 0.0953. The predicted octanol–water partition coefficient (Wildman–Crippen LogP) is 4.36. The van der Waals surface area contributed by atoms with E-state index in [4.69, 9.17) is 4.42 Å². The molecule has 2 aromatic heterocycles. The van der Waals surface area contributed by atoms with Crippen LogP contribution in [-0.2, 0) is 0 Å². The number of unbranched alkanes of at least 4 members (excludes halogenated alkanes) is 2. The van der Waals surface area contributed by atoms with Crippen LogP contribution in [0.1, 0.15) is 42.3 Å². The largest absolute Gasteiger partial charge is 0.460 e. The van der Waals surface area contributed by atoms with Gasteiger partial charge in [-0.15, -0.1) is 0 Å². The molecule has 1 N–H and O–H groups in total. The van der Waals surface area contributed by atoms with Crippen LogP contribution in [-0.4, -0.2) is 22.2 Å². The molecule has 0 fully saturated rings. The van der Waals surface area contributed by atoms with Gasteiger partial charge in [0, 0.05) is 12.7 Å². The molecule has 5 heteroatoms. The zero-order chi connectivity index (χ0) is 17.6. The van der Waals surface area contributed by atoms with Gasteiger partial charge in [-0.25, -0.2) is 4.68 Å². The van der Waals surface area contributed by atoms with E-state index in [1.54, 1.807) is 10.9 Å². The van der Waals surface area contributed by atoms with Crippen molar-refractivity contribution in [1.29, 1.82) is 0 Å². The van der Waals surface area contributed by atoms with Crippen molar-refractivity contribution in [3.63, 3.8) is 0 Å². The molecule has 25 heavy (non-hydrogen) atoms. The standard InChI is InChI=1S/C20H23N3O2/c1-3-4-8-13-21-20(24)17-14-23(16-9-6-5-7-10-16)22-19(17)18-12-11-15(2)25-18/h5-7,9-12,14H,3-4,8,13H2,1-2H3,(H,21,24). The smallest absolute Gasteiger partial charge is 0.255 e. The maximum atomic E-state index is 12.6. The molecule has 0 atom stereocenters. The number of aromatic nitrogens is 2. The summed E-state index contributed by atoms with van der Waals surface area (Å²) in [6.45, 7) is 4.69. The maximum absolute atomic E-state index is 12.6. The predicted molar refractivity (Wildman–Crippen MR) is 97.9 cm³/mol. The second-order valence-corrected chi connectivity index (χ2v) is 6.04. The van der Waals surface area contributed by atoms with Gasteiger partial charge in [-0.3, -0.25) is 4.79 Å². The average molecular weight is 337 g/mol. The minimum absolute atomic E-state index is 0.123. The van der Waals surface area contributed by atoms with Gasteiger partial charge in [-0.2, -0.15) is 5.10 Å². The van der Waals surface area contributed by atoms with E-state index in [9.17, 15) is 4.79 Å². The fourth-order valence-corrected chi connectivity index (χ4v) is 2.67. The molecule has 5 nitrogen and oxygen atoms in total. The molecule has 1 aromatic carbocycles. The van der Waals surface area contributed by atoms with Crippen LogP contribution in [0.5, 0.6) is 0 Å². The van der Waals surface area contributed by atoms with Crippen molar-refractivity contribution in [2.75, 3.05) is 6.54 Å². The summed E-state index contributed by atoms with van der Waals surface area (Å²) in [4.78, 5) is 12.6. The van der Waals surface area contributed by atoms with Crippen molar-refractivity contribution in [3.8, 4) is 17.1 Å². The fourth-order valence-electron chi connectivity index (χ4n) is 2.67. The normalized spacial score (nSPS) is 10.8. The minimum atomic E-state index is -0.123. The highest BCUT2D eigenvalue weighted by atomic mass is 16.3. The Morgan fingerprint density at radius 1 is 1.16 bits per heavy atom. The highest BCUT2D eigenvalue weighted by molar-refractivity contribution is 5.99. The topological polar surface area (TPSA) is 60.1 Å². The van der Waals surface area contributed by atoms with Crippen LogP contribution in [0.25, 0.3) is 17.1 Å². The maximum Gasteiger partial charge on any atom is 0.255 e. The molecule has 0 spiro atoms. The summed E-state index contributed by atoms with van der Waals surface area (Å²) >= 11 is 0. The third-order valence-electron chi connectivity index (χ3n) is 4.02. The number of amides is 1. The number of rotatable bonds is 7. The first kappa shape index (κ1) is 17.0. The summed E-state index contributed by atoms with van der Waals surface area (Å²) in [5.41, 5.74) is 1.98. The quantitative estimate of drug-likeness (QED) is 0.652. The van der Waals surface area contributed by atoms with Gasteiger partial charge in [0.1, 0.15) is 11.5 Å². The Hall–Kier alpha value is -2.82. The van der Waals surface area contributed by atoms with E-state index in [0.717, 1.165) is 30.7 Å². The van der Waals surface area contributed by atoms with E-state index >= 15 is 0 Å². The lowest BCUT2D eigenvalue weighted by Gasteiger charge is -2.03. The second-order valence-electron chi connectivity index (χ2n) is 6.04. The first-order valence-corrected chi connectivity index (χ1v) is 8.69. The van der Waals surface area contributed by atoms with Crippen LogP contribution < -0.4 is 5.32 Å². The molecule has 0 radical (unpaired) electrons. The van der Waals surface area contributed by atoms with Crippen LogP contribution in [0.3, 0.4) is 0 Å². The number of para-hydroxylation sites is 1. The molecule has 0 unspecified atom stereocenters. The Kier molecular flexibility index (Phi) is 5.33. The molecule has 3 aromatic rings. The molecular weight excluding hydrogens is 314 g/mol. The number of benzene rings is 1. The highest BCUT2D eigenvalue weighted by Crippen LogP contribution is 2.25. The van der Waals surface area contributed by atoms with Crippen molar-refractivity contribution >= 4 is 5.91 Å². The van der Waals surface area contributed by atoms with Gasteiger partial charge in [0.05, 0.1) is 11.3 Å². The highest BCUT2D eigenvalue weighted by Gasteiger charge is 2.20. The molecule has 0 aliphatic heterocycles. The van der Waals surface area contributed by atoms with Gasteiger partial charge in [0.2, 0.25) is 0 Å². The van der Waals surface area contributed by atoms with E-state index < -0.39 is 0 Å². The SMILES string of the molecule is CCCCCNC(=O)c1cn(-c2ccccc2)nc1-c1ccc(C)o1. The van der Waals surface area contributed by atoms with E-state index in [0.29, 0.717) is 23.6 Å². The molecule has 2 heterocycles. The van der Waals surface area contributed by atoms with E-state index in [2.05, 4.69) is 17.3 Å². The summed E-state index contributed by atoms with van der Waals surface area (Å²) < 4.78 is 7.41. The number of carbonyl (C=O) groups excluding carboxylic acids is 1. The van der Waals surface area contributed by atoms with E-state index in [-0.39, 0.29) is 5.91 Å². The van der Waals surface area contributed by atoms with Crippen LogP contribution in [0.15, 0.2) is 53.1 Å². The van der Waals surface area contributed by atoms with Gasteiger partial charge < -0.3 is 9.73 Å². The van der Waals surface area contributed by atoms with Crippen molar-refractivity contribution < 1.29 is 9.21 Å². The Morgan fingerprint density at radius 2 is 1.96 bits per heavy atom. The Morgan fingerprint density at radius 3 is 2.64 bits per heavy atom. The number of hydrogen-bond donors (Lipinski definition) is 1. The van der Waals surface area contributed by atoms with Gasteiger partial charge in [0.25, 0.3) is 5.91 Å². The average Bonchev–Trinajstić information content (AvgIpc) is 3.25.